The number of nitrogens with one attached hydrogen (secondary N) is 1. The number of rotatable bonds is 7. The standard InChI is InChI=1S/C19H28N2O2/c1-14(2)11-12-23-18-9-7-15(13-17(18)20)8-10-19(22)21-16-5-3-4-6-16/h7-10,13-14,16H,3-6,11-12,20H2,1-2H3,(H,21,22)/b10-8-. The van der Waals surface area contributed by atoms with E-state index in [0.717, 1.165) is 24.8 Å². The summed E-state index contributed by atoms with van der Waals surface area (Å²) in [7, 11) is 0. The normalized spacial score (nSPS) is 15.4. The molecule has 3 N–H and O–H groups in total. The lowest BCUT2D eigenvalue weighted by Crippen LogP contribution is -2.30. The number of nitrogen functional groups attached to an aromatic ring is 1. The van der Waals surface area contributed by atoms with Crippen molar-refractivity contribution in [3.05, 3.63) is 29.8 Å². The lowest BCUT2D eigenvalue weighted by Gasteiger charge is -2.11. The Balaban J connectivity index is 1.86. The number of hydrogen-bond acceptors (Lipinski definition) is 3. The molecule has 1 saturated carbocycles. The smallest absolute Gasteiger partial charge is 0.244 e. The van der Waals surface area contributed by atoms with Gasteiger partial charge in [0.15, 0.2) is 0 Å². The van der Waals surface area contributed by atoms with Gasteiger partial charge in [0, 0.05) is 12.1 Å². The second kappa shape index (κ2) is 8.61. The van der Waals surface area contributed by atoms with Crippen molar-refractivity contribution < 1.29 is 9.53 Å². The average molecular weight is 316 g/mol. The van der Waals surface area contributed by atoms with E-state index in [9.17, 15) is 4.79 Å². The lowest BCUT2D eigenvalue weighted by molar-refractivity contribution is -0.117. The zero-order valence-corrected chi connectivity index (χ0v) is 14.2. The molecule has 4 nitrogen and oxygen atoms in total. The van der Waals surface area contributed by atoms with Crippen molar-refractivity contribution in [3.8, 4) is 5.75 Å². The van der Waals surface area contributed by atoms with Crippen LogP contribution in [0.4, 0.5) is 5.69 Å². The summed E-state index contributed by atoms with van der Waals surface area (Å²) in [4.78, 5) is 11.9. The molecule has 1 aromatic rings. The number of ether oxygens (including phenoxy) is 1. The number of nitrogens with two attached hydrogens (primary N) is 1. The van der Waals surface area contributed by atoms with Crippen LogP contribution in [0.1, 0.15) is 51.5 Å². The first-order valence-electron chi connectivity index (χ1n) is 8.55. The molecule has 0 heterocycles. The number of amides is 1. The Labute approximate surface area is 139 Å². The summed E-state index contributed by atoms with van der Waals surface area (Å²) in [6.07, 6.45) is 8.98. The van der Waals surface area contributed by atoms with Crippen molar-refractivity contribution >= 4 is 17.7 Å². The van der Waals surface area contributed by atoms with Crippen LogP contribution in [0.2, 0.25) is 0 Å². The molecule has 0 aromatic heterocycles. The number of carbonyl (C=O) groups excluding carboxylic acids is 1. The number of benzene rings is 1. The molecule has 1 aliphatic carbocycles. The SMILES string of the molecule is CC(C)CCOc1ccc(/C=C\C(=O)NC2CCCC2)cc1N. The molecule has 0 radical (unpaired) electrons. The van der Waals surface area contributed by atoms with E-state index in [0.29, 0.717) is 30.0 Å². The second-order valence-corrected chi connectivity index (χ2v) is 6.65. The molecule has 0 spiro atoms. The van der Waals surface area contributed by atoms with Gasteiger partial charge in [-0.1, -0.05) is 32.8 Å². The molecule has 2 rings (SSSR count). The third-order valence-electron chi connectivity index (χ3n) is 4.12. The molecule has 0 atom stereocenters. The molecule has 4 heteroatoms. The predicted molar refractivity (Wildman–Crippen MR) is 95.2 cm³/mol. The summed E-state index contributed by atoms with van der Waals surface area (Å²) >= 11 is 0. The Morgan fingerprint density at radius 3 is 2.78 bits per heavy atom. The van der Waals surface area contributed by atoms with E-state index in [4.69, 9.17) is 10.5 Å². The molecule has 0 aliphatic heterocycles. The predicted octanol–water partition coefficient (Wildman–Crippen LogP) is 3.77. The summed E-state index contributed by atoms with van der Waals surface area (Å²) in [5.74, 6) is 1.28. The van der Waals surface area contributed by atoms with Gasteiger partial charge < -0.3 is 15.8 Å². The van der Waals surface area contributed by atoms with Crippen LogP contribution < -0.4 is 15.8 Å². The fourth-order valence-corrected chi connectivity index (χ4v) is 2.70. The molecule has 126 valence electrons. The van der Waals surface area contributed by atoms with Crippen molar-refractivity contribution in [1.29, 1.82) is 0 Å². The van der Waals surface area contributed by atoms with Gasteiger partial charge in [-0.15, -0.1) is 0 Å². The molecule has 1 aliphatic rings. The van der Waals surface area contributed by atoms with E-state index in [1.165, 1.54) is 12.8 Å². The fourth-order valence-electron chi connectivity index (χ4n) is 2.70. The van der Waals surface area contributed by atoms with Gasteiger partial charge in [0.25, 0.3) is 0 Å². The van der Waals surface area contributed by atoms with Crippen molar-refractivity contribution in [2.75, 3.05) is 12.3 Å². The van der Waals surface area contributed by atoms with Gasteiger partial charge in [-0.2, -0.15) is 0 Å². The quantitative estimate of drug-likeness (QED) is 0.594. The van der Waals surface area contributed by atoms with E-state index >= 15 is 0 Å². The van der Waals surface area contributed by atoms with Gasteiger partial charge in [0.2, 0.25) is 5.91 Å². The van der Waals surface area contributed by atoms with Crippen LogP contribution >= 0.6 is 0 Å². The van der Waals surface area contributed by atoms with E-state index in [1.807, 2.05) is 18.2 Å². The molecular weight excluding hydrogens is 288 g/mol. The highest BCUT2D eigenvalue weighted by Gasteiger charge is 2.15. The molecule has 0 saturated heterocycles. The van der Waals surface area contributed by atoms with Crippen molar-refractivity contribution in [1.82, 2.24) is 5.32 Å². The van der Waals surface area contributed by atoms with E-state index in [-0.39, 0.29) is 5.91 Å². The maximum atomic E-state index is 11.9. The molecule has 1 fully saturated rings. The third-order valence-corrected chi connectivity index (χ3v) is 4.12. The zero-order valence-electron chi connectivity index (χ0n) is 14.2. The van der Waals surface area contributed by atoms with Gasteiger partial charge in [-0.3, -0.25) is 4.79 Å². The van der Waals surface area contributed by atoms with Crippen molar-refractivity contribution in [2.24, 2.45) is 5.92 Å². The van der Waals surface area contributed by atoms with Gasteiger partial charge in [-0.25, -0.2) is 0 Å². The number of carbonyl (C=O) groups is 1. The molecule has 0 bridgehead atoms. The number of hydrogen-bond donors (Lipinski definition) is 2. The van der Waals surface area contributed by atoms with Crippen LogP contribution in [0.3, 0.4) is 0 Å². The van der Waals surface area contributed by atoms with Crippen molar-refractivity contribution in [3.63, 3.8) is 0 Å². The summed E-state index contributed by atoms with van der Waals surface area (Å²) in [6, 6.07) is 5.96. The third kappa shape index (κ3) is 5.97. The fraction of sp³-hybridized carbons (Fsp3) is 0.526. The van der Waals surface area contributed by atoms with Crippen LogP contribution in [-0.2, 0) is 4.79 Å². The zero-order chi connectivity index (χ0) is 16.7. The summed E-state index contributed by atoms with van der Waals surface area (Å²) in [6.45, 7) is 5.00. The maximum absolute atomic E-state index is 11.9. The lowest BCUT2D eigenvalue weighted by atomic mass is 10.1. The van der Waals surface area contributed by atoms with E-state index in [2.05, 4.69) is 19.2 Å². The highest BCUT2D eigenvalue weighted by Crippen LogP contribution is 2.23. The minimum absolute atomic E-state index is 0.0345. The summed E-state index contributed by atoms with van der Waals surface area (Å²) < 4.78 is 5.69. The summed E-state index contributed by atoms with van der Waals surface area (Å²) in [5.41, 5.74) is 7.52. The first kappa shape index (κ1) is 17.4. The molecule has 1 amide bonds. The van der Waals surface area contributed by atoms with Gasteiger partial charge in [0.1, 0.15) is 5.75 Å². The Bertz CT molecular complexity index is 546. The highest BCUT2D eigenvalue weighted by molar-refractivity contribution is 5.92. The highest BCUT2D eigenvalue weighted by atomic mass is 16.5. The Morgan fingerprint density at radius 1 is 1.39 bits per heavy atom. The second-order valence-electron chi connectivity index (χ2n) is 6.65. The van der Waals surface area contributed by atoms with Crippen LogP contribution in [0.15, 0.2) is 24.3 Å². The van der Waals surface area contributed by atoms with E-state index < -0.39 is 0 Å². The molecular formula is C19H28N2O2. The average Bonchev–Trinajstić information content (AvgIpc) is 2.99. The van der Waals surface area contributed by atoms with Crippen LogP contribution in [0, 0.1) is 5.92 Å². The van der Waals surface area contributed by atoms with Crippen LogP contribution in [0.25, 0.3) is 6.08 Å². The monoisotopic (exact) mass is 316 g/mol. The largest absolute Gasteiger partial charge is 0.491 e. The minimum Gasteiger partial charge on any atom is -0.491 e. The molecule has 23 heavy (non-hydrogen) atoms. The molecule has 1 aromatic carbocycles. The topological polar surface area (TPSA) is 64.3 Å². The first-order valence-corrected chi connectivity index (χ1v) is 8.55. The first-order chi connectivity index (χ1) is 11.0. The van der Waals surface area contributed by atoms with Gasteiger partial charge >= 0.3 is 0 Å². The summed E-state index contributed by atoms with van der Waals surface area (Å²) in [5, 5.41) is 3.03. The van der Waals surface area contributed by atoms with Gasteiger partial charge in [-0.05, 0) is 49.0 Å². The van der Waals surface area contributed by atoms with Crippen LogP contribution in [0.5, 0.6) is 5.75 Å². The molecule has 0 unspecified atom stereocenters. The Morgan fingerprint density at radius 2 is 2.13 bits per heavy atom. The maximum Gasteiger partial charge on any atom is 0.244 e. The Kier molecular flexibility index (Phi) is 6.51. The minimum atomic E-state index is -0.0345. The van der Waals surface area contributed by atoms with Gasteiger partial charge in [0.05, 0.1) is 12.3 Å². The van der Waals surface area contributed by atoms with Crippen LogP contribution in [-0.4, -0.2) is 18.6 Å². The van der Waals surface area contributed by atoms with E-state index in [1.54, 1.807) is 12.2 Å². The number of anilines is 1. The van der Waals surface area contributed by atoms with Crippen molar-refractivity contribution in [2.45, 2.75) is 52.0 Å². The Hall–Kier alpha value is -1.97.